The number of hydrogen-bond donors (Lipinski definition) is 1. The van der Waals surface area contributed by atoms with Gasteiger partial charge in [-0.15, -0.1) is 0 Å². The molecule has 1 aromatic heterocycles. The third-order valence-corrected chi connectivity index (χ3v) is 2.28. The summed E-state index contributed by atoms with van der Waals surface area (Å²) < 4.78 is 0. The highest BCUT2D eigenvalue weighted by atomic mass is 16.3. The van der Waals surface area contributed by atoms with Gasteiger partial charge in [-0.05, 0) is 26.0 Å². The highest BCUT2D eigenvalue weighted by Gasteiger charge is 2.15. The van der Waals surface area contributed by atoms with Crippen LogP contribution in [0.25, 0.3) is 0 Å². The van der Waals surface area contributed by atoms with E-state index in [-0.39, 0.29) is 12.5 Å². The van der Waals surface area contributed by atoms with Gasteiger partial charge in [0.25, 0.3) is 5.91 Å². The number of aryl methyl sites for hydroxylation is 1. The SMILES string of the molecule is CCN(CCO)C(=O)c1cccnc1C. The molecule has 0 aliphatic carbocycles. The topological polar surface area (TPSA) is 53.4 Å². The molecule has 0 aliphatic rings. The number of nitrogens with zero attached hydrogens (tertiary/aromatic N) is 2. The quantitative estimate of drug-likeness (QED) is 0.798. The number of aromatic nitrogens is 1. The van der Waals surface area contributed by atoms with Crippen molar-refractivity contribution in [1.29, 1.82) is 0 Å². The highest BCUT2D eigenvalue weighted by Crippen LogP contribution is 2.07. The molecule has 0 saturated carbocycles. The number of carbonyl (C=O) groups is 1. The van der Waals surface area contributed by atoms with E-state index in [1.807, 2.05) is 6.92 Å². The first kappa shape index (κ1) is 11.7. The van der Waals surface area contributed by atoms with E-state index in [1.54, 1.807) is 30.2 Å². The van der Waals surface area contributed by atoms with Crippen molar-refractivity contribution in [2.75, 3.05) is 19.7 Å². The summed E-state index contributed by atoms with van der Waals surface area (Å²) in [7, 11) is 0. The molecule has 1 aromatic rings. The minimum atomic E-state index is -0.0721. The molecule has 1 rings (SSSR count). The number of pyridine rings is 1. The van der Waals surface area contributed by atoms with Gasteiger partial charge in [-0.25, -0.2) is 0 Å². The summed E-state index contributed by atoms with van der Waals surface area (Å²) in [4.78, 5) is 17.6. The van der Waals surface area contributed by atoms with Crippen molar-refractivity contribution in [2.24, 2.45) is 0 Å². The molecule has 82 valence electrons. The molecule has 1 heterocycles. The molecule has 0 radical (unpaired) electrons. The van der Waals surface area contributed by atoms with Gasteiger partial charge < -0.3 is 10.0 Å². The lowest BCUT2D eigenvalue weighted by Gasteiger charge is -2.20. The van der Waals surface area contributed by atoms with Gasteiger partial charge >= 0.3 is 0 Å². The van der Waals surface area contributed by atoms with E-state index in [2.05, 4.69) is 4.98 Å². The fraction of sp³-hybridized carbons (Fsp3) is 0.455. The number of amides is 1. The van der Waals surface area contributed by atoms with Gasteiger partial charge in [0, 0.05) is 25.0 Å². The zero-order valence-electron chi connectivity index (χ0n) is 9.10. The van der Waals surface area contributed by atoms with Crippen molar-refractivity contribution in [1.82, 2.24) is 9.88 Å². The van der Waals surface area contributed by atoms with Crippen LogP contribution >= 0.6 is 0 Å². The van der Waals surface area contributed by atoms with Crippen molar-refractivity contribution in [3.63, 3.8) is 0 Å². The molecule has 15 heavy (non-hydrogen) atoms. The monoisotopic (exact) mass is 208 g/mol. The Morgan fingerprint density at radius 2 is 2.33 bits per heavy atom. The smallest absolute Gasteiger partial charge is 0.255 e. The number of hydrogen-bond acceptors (Lipinski definition) is 3. The van der Waals surface area contributed by atoms with Crippen LogP contribution in [-0.4, -0.2) is 40.6 Å². The molecule has 0 unspecified atom stereocenters. The first-order valence-corrected chi connectivity index (χ1v) is 5.02. The van der Waals surface area contributed by atoms with Gasteiger partial charge in [-0.2, -0.15) is 0 Å². The van der Waals surface area contributed by atoms with Gasteiger partial charge in [-0.1, -0.05) is 0 Å². The van der Waals surface area contributed by atoms with Crippen molar-refractivity contribution >= 4 is 5.91 Å². The van der Waals surface area contributed by atoms with E-state index >= 15 is 0 Å². The zero-order chi connectivity index (χ0) is 11.3. The molecule has 0 saturated heterocycles. The molecule has 0 spiro atoms. The fourth-order valence-corrected chi connectivity index (χ4v) is 1.40. The molecular weight excluding hydrogens is 192 g/mol. The van der Waals surface area contributed by atoms with Crippen LogP contribution in [-0.2, 0) is 0 Å². The number of aliphatic hydroxyl groups excluding tert-OH is 1. The second-order valence-corrected chi connectivity index (χ2v) is 3.24. The molecule has 1 N–H and O–H groups in total. The Morgan fingerprint density at radius 3 is 2.87 bits per heavy atom. The summed E-state index contributed by atoms with van der Waals surface area (Å²) in [6, 6.07) is 3.50. The molecule has 0 atom stereocenters. The second kappa shape index (κ2) is 5.46. The van der Waals surface area contributed by atoms with Gasteiger partial charge in [0.1, 0.15) is 0 Å². The van der Waals surface area contributed by atoms with E-state index in [1.165, 1.54) is 0 Å². The Bertz CT molecular complexity index is 339. The Balaban J connectivity index is 2.88. The third kappa shape index (κ3) is 2.76. The van der Waals surface area contributed by atoms with Crippen LogP contribution in [0.2, 0.25) is 0 Å². The minimum Gasteiger partial charge on any atom is -0.395 e. The van der Waals surface area contributed by atoms with E-state index in [9.17, 15) is 4.79 Å². The first-order valence-electron chi connectivity index (χ1n) is 5.02. The molecule has 0 fully saturated rings. The Morgan fingerprint density at radius 1 is 1.60 bits per heavy atom. The third-order valence-electron chi connectivity index (χ3n) is 2.28. The summed E-state index contributed by atoms with van der Waals surface area (Å²) in [6.45, 7) is 4.63. The maximum absolute atomic E-state index is 12.0. The van der Waals surface area contributed by atoms with Crippen LogP contribution in [0.15, 0.2) is 18.3 Å². The fourth-order valence-electron chi connectivity index (χ4n) is 1.40. The number of carbonyl (C=O) groups excluding carboxylic acids is 1. The van der Waals surface area contributed by atoms with Crippen LogP contribution in [0, 0.1) is 6.92 Å². The van der Waals surface area contributed by atoms with E-state index in [0.717, 1.165) is 5.69 Å². The molecule has 4 heteroatoms. The highest BCUT2D eigenvalue weighted by molar-refractivity contribution is 5.95. The van der Waals surface area contributed by atoms with Gasteiger partial charge in [0.15, 0.2) is 0 Å². The van der Waals surface area contributed by atoms with Gasteiger partial charge in [-0.3, -0.25) is 9.78 Å². The Labute approximate surface area is 89.6 Å². The molecular formula is C11H16N2O2. The van der Waals surface area contributed by atoms with Crippen molar-refractivity contribution in [2.45, 2.75) is 13.8 Å². The lowest BCUT2D eigenvalue weighted by Crippen LogP contribution is -2.33. The number of aliphatic hydroxyl groups is 1. The van der Waals surface area contributed by atoms with Crippen LogP contribution in [0.3, 0.4) is 0 Å². The molecule has 4 nitrogen and oxygen atoms in total. The van der Waals surface area contributed by atoms with E-state index in [0.29, 0.717) is 18.7 Å². The number of rotatable bonds is 4. The second-order valence-electron chi connectivity index (χ2n) is 3.24. The lowest BCUT2D eigenvalue weighted by molar-refractivity contribution is 0.0731. The van der Waals surface area contributed by atoms with Crippen LogP contribution in [0.4, 0.5) is 0 Å². The van der Waals surface area contributed by atoms with Crippen LogP contribution < -0.4 is 0 Å². The standard InChI is InChI=1S/C11H16N2O2/c1-3-13(7-8-14)11(15)10-5-4-6-12-9(10)2/h4-6,14H,3,7-8H2,1-2H3. The van der Waals surface area contributed by atoms with Crippen molar-refractivity contribution in [3.05, 3.63) is 29.6 Å². The molecule has 0 aliphatic heterocycles. The summed E-state index contributed by atoms with van der Waals surface area (Å²) in [5.41, 5.74) is 1.33. The average Bonchev–Trinajstić information content (AvgIpc) is 2.25. The maximum Gasteiger partial charge on any atom is 0.255 e. The predicted molar refractivity (Wildman–Crippen MR) is 57.6 cm³/mol. The largest absolute Gasteiger partial charge is 0.395 e. The number of likely N-dealkylation sites (N-methyl/N-ethyl adjacent to an activating group) is 1. The Kier molecular flexibility index (Phi) is 4.24. The molecule has 0 bridgehead atoms. The lowest BCUT2D eigenvalue weighted by atomic mass is 10.2. The Hall–Kier alpha value is -1.42. The maximum atomic E-state index is 12.0. The van der Waals surface area contributed by atoms with Crippen molar-refractivity contribution < 1.29 is 9.90 Å². The van der Waals surface area contributed by atoms with Gasteiger partial charge in [0.05, 0.1) is 12.2 Å². The zero-order valence-corrected chi connectivity index (χ0v) is 9.10. The van der Waals surface area contributed by atoms with E-state index < -0.39 is 0 Å². The van der Waals surface area contributed by atoms with E-state index in [4.69, 9.17) is 5.11 Å². The first-order chi connectivity index (χ1) is 7.20. The molecule has 0 aromatic carbocycles. The summed E-state index contributed by atoms with van der Waals surface area (Å²) in [6.07, 6.45) is 1.66. The average molecular weight is 208 g/mol. The molecule has 1 amide bonds. The minimum absolute atomic E-state index is 0.0150. The van der Waals surface area contributed by atoms with Crippen LogP contribution in [0.1, 0.15) is 23.0 Å². The van der Waals surface area contributed by atoms with Crippen molar-refractivity contribution in [3.8, 4) is 0 Å². The summed E-state index contributed by atoms with van der Waals surface area (Å²) in [5, 5.41) is 8.82. The normalized spacial score (nSPS) is 10.1. The summed E-state index contributed by atoms with van der Waals surface area (Å²) in [5.74, 6) is -0.0721. The predicted octanol–water partition coefficient (Wildman–Crippen LogP) is 0.844. The van der Waals surface area contributed by atoms with Crippen LogP contribution in [0.5, 0.6) is 0 Å². The summed E-state index contributed by atoms with van der Waals surface area (Å²) >= 11 is 0. The van der Waals surface area contributed by atoms with Gasteiger partial charge in [0.2, 0.25) is 0 Å².